The van der Waals surface area contributed by atoms with Gasteiger partial charge in [-0.2, -0.15) is 0 Å². The van der Waals surface area contributed by atoms with Gasteiger partial charge in [-0.1, -0.05) is 307 Å². The van der Waals surface area contributed by atoms with Crippen LogP contribution < -0.4 is 0 Å². The molecule has 0 amide bonds. The molecule has 1 atom stereocenters. The van der Waals surface area contributed by atoms with E-state index >= 15 is 0 Å². The highest BCUT2D eigenvalue weighted by molar-refractivity contribution is 5.71. The van der Waals surface area contributed by atoms with Crippen molar-refractivity contribution in [1.29, 1.82) is 0 Å². The van der Waals surface area contributed by atoms with Crippen molar-refractivity contribution in [1.82, 2.24) is 0 Å². The van der Waals surface area contributed by atoms with Crippen molar-refractivity contribution in [3.63, 3.8) is 0 Å². The van der Waals surface area contributed by atoms with Crippen LogP contribution in [0, 0.1) is 0 Å². The van der Waals surface area contributed by atoms with E-state index in [0.717, 1.165) is 77.0 Å². The predicted octanol–water partition coefficient (Wildman–Crippen LogP) is 22.9. The van der Waals surface area contributed by atoms with Crippen molar-refractivity contribution < 1.29 is 28.6 Å². The van der Waals surface area contributed by atoms with E-state index in [-0.39, 0.29) is 31.1 Å². The molecule has 0 rings (SSSR count). The number of carbonyl (C=O) groups is 3. The van der Waals surface area contributed by atoms with Gasteiger partial charge in [0.2, 0.25) is 0 Å². The summed E-state index contributed by atoms with van der Waals surface area (Å²) in [6.45, 7) is 6.67. The number of hydrogen-bond donors (Lipinski definition) is 0. The normalized spacial score (nSPS) is 12.3. The first-order chi connectivity index (χ1) is 37.5. The van der Waals surface area contributed by atoms with Gasteiger partial charge in [0.05, 0.1) is 0 Å². The molecule has 0 aliphatic heterocycles. The molecule has 0 aliphatic carbocycles. The largest absolute Gasteiger partial charge is 0.462 e. The summed E-state index contributed by atoms with van der Waals surface area (Å²) in [5, 5.41) is 0. The number of rotatable bonds is 62. The fourth-order valence-electron chi connectivity index (χ4n) is 9.98. The summed E-state index contributed by atoms with van der Waals surface area (Å²) < 4.78 is 17.0. The third-order valence-corrected chi connectivity index (χ3v) is 15.1. The zero-order valence-electron chi connectivity index (χ0n) is 51.0. The summed E-state index contributed by atoms with van der Waals surface area (Å²) in [5.41, 5.74) is 0. The monoisotopic (exact) mass is 1060 g/mol. The molecule has 0 bridgehead atoms. The number of unbranched alkanes of at least 4 members (excludes halogenated alkanes) is 43. The van der Waals surface area contributed by atoms with Gasteiger partial charge in [-0.3, -0.25) is 14.4 Å². The van der Waals surface area contributed by atoms with Crippen LogP contribution in [0.3, 0.4) is 0 Å². The first kappa shape index (κ1) is 73.4. The molecule has 0 heterocycles. The number of ether oxygens (including phenoxy) is 3. The summed E-state index contributed by atoms with van der Waals surface area (Å²) >= 11 is 0. The molecule has 0 saturated carbocycles. The van der Waals surface area contributed by atoms with Gasteiger partial charge in [-0.25, -0.2) is 0 Å². The molecule has 76 heavy (non-hydrogen) atoms. The Bertz CT molecular complexity index is 1310. The summed E-state index contributed by atoms with van der Waals surface area (Å²) in [6, 6.07) is 0. The Morgan fingerprint density at radius 2 is 0.474 bits per heavy atom. The van der Waals surface area contributed by atoms with Crippen LogP contribution in [-0.4, -0.2) is 37.2 Å². The van der Waals surface area contributed by atoms with Gasteiger partial charge in [0.15, 0.2) is 6.10 Å². The van der Waals surface area contributed by atoms with Crippen molar-refractivity contribution in [2.75, 3.05) is 13.2 Å². The maximum atomic E-state index is 12.9. The fraction of sp³-hybridized carbons (Fsp3) is 0.843. The molecule has 0 N–H and O–H groups in total. The second kappa shape index (κ2) is 64.9. The third-order valence-electron chi connectivity index (χ3n) is 15.1. The lowest BCUT2D eigenvalue weighted by Crippen LogP contribution is -2.30. The second-order valence-corrected chi connectivity index (χ2v) is 22.7. The van der Waals surface area contributed by atoms with Gasteiger partial charge in [0, 0.05) is 19.3 Å². The summed E-state index contributed by atoms with van der Waals surface area (Å²) in [7, 11) is 0. The van der Waals surface area contributed by atoms with Crippen LogP contribution in [0.2, 0.25) is 0 Å². The van der Waals surface area contributed by atoms with Crippen LogP contribution in [0.1, 0.15) is 361 Å². The number of allylic oxidation sites excluding steroid dienone is 8. The smallest absolute Gasteiger partial charge is 0.306 e. The van der Waals surface area contributed by atoms with Crippen LogP contribution in [0.5, 0.6) is 0 Å². The highest BCUT2D eigenvalue weighted by atomic mass is 16.6. The Hall–Kier alpha value is -2.63. The van der Waals surface area contributed by atoms with E-state index in [0.29, 0.717) is 19.3 Å². The first-order valence-corrected chi connectivity index (χ1v) is 33.6. The molecular weight excluding hydrogens is 937 g/mol. The first-order valence-electron chi connectivity index (χ1n) is 33.6. The summed E-state index contributed by atoms with van der Waals surface area (Å²) in [5.74, 6) is -0.858. The van der Waals surface area contributed by atoms with E-state index in [9.17, 15) is 14.4 Å². The lowest BCUT2D eigenvalue weighted by molar-refractivity contribution is -0.167. The van der Waals surface area contributed by atoms with E-state index in [1.54, 1.807) is 0 Å². The van der Waals surface area contributed by atoms with Crippen molar-refractivity contribution in [2.45, 2.75) is 367 Å². The number of carbonyl (C=O) groups excluding carboxylic acids is 3. The minimum Gasteiger partial charge on any atom is -0.462 e. The Labute approximate surface area is 473 Å². The standard InChI is InChI=1S/C70H128O6/c1-4-7-10-13-16-19-22-25-27-29-31-33-35-37-39-41-43-45-48-51-54-57-60-63-69(72)75-66-67(65-74-68(71)62-59-56-53-50-47-24-21-18-15-12-9-6-3)76-70(73)64-61-58-55-52-49-46-44-42-40-38-36-34-32-30-28-26-23-20-17-14-11-8-5-2/h22,25,29-32,35,37,67H,4-21,23-24,26-28,33-34,36,38-66H2,1-3H3/b25-22-,31-29-,32-30-,37-35-. The molecule has 0 aliphatic rings. The molecule has 6 nitrogen and oxygen atoms in total. The maximum Gasteiger partial charge on any atom is 0.306 e. The van der Waals surface area contributed by atoms with Crippen LogP contribution >= 0.6 is 0 Å². The molecule has 0 aromatic heterocycles. The van der Waals surface area contributed by atoms with Crippen molar-refractivity contribution in [3.05, 3.63) is 48.6 Å². The predicted molar refractivity (Wildman–Crippen MR) is 330 cm³/mol. The van der Waals surface area contributed by atoms with E-state index in [1.807, 2.05) is 0 Å². The Morgan fingerprint density at radius 1 is 0.263 bits per heavy atom. The Kier molecular flexibility index (Phi) is 62.6. The zero-order chi connectivity index (χ0) is 55.0. The average Bonchev–Trinajstić information content (AvgIpc) is 3.42. The number of esters is 3. The fourth-order valence-corrected chi connectivity index (χ4v) is 9.98. The molecule has 1 unspecified atom stereocenters. The quantitative estimate of drug-likeness (QED) is 0.0261. The van der Waals surface area contributed by atoms with Gasteiger partial charge < -0.3 is 14.2 Å². The Morgan fingerprint density at radius 3 is 0.750 bits per heavy atom. The van der Waals surface area contributed by atoms with Gasteiger partial charge in [-0.15, -0.1) is 0 Å². The Balaban J connectivity index is 4.28. The summed E-state index contributed by atoms with van der Waals surface area (Å²) in [6.07, 6.45) is 81.2. The van der Waals surface area contributed by atoms with E-state index < -0.39 is 6.10 Å². The highest BCUT2D eigenvalue weighted by Gasteiger charge is 2.19. The minimum absolute atomic E-state index is 0.0718. The van der Waals surface area contributed by atoms with Crippen LogP contribution in [-0.2, 0) is 28.6 Å². The van der Waals surface area contributed by atoms with Gasteiger partial charge in [0.25, 0.3) is 0 Å². The van der Waals surface area contributed by atoms with Gasteiger partial charge in [-0.05, 0) is 83.5 Å². The average molecular weight is 1070 g/mol. The second-order valence-electron chi connectivity index (χ2n) is 22.7. The van der Waals surface area contributed by atoms with Crippen LogP contribution in [0.25, 0.3) is 0 Å². The third kappa shape index (κ3) is 62.2. The molecular formula is C70H128O6. The van der Waals surface area contributed by atoms with Crippen molar-refractivity contribution in [3.8, 4) is 0 Å². The lowest BCUT2D eigenvalue weighted by atomic mass is 10.0. The SMILES string of the molecule is CCCCCCC/C=C\C/C=C\C/C=C\CCCCCCCCCCC(=O)OCC(COC(=O)CCCCCCCCCCCCCC)OC(=O)CCCCCCCCCCCCC/C=C\CCCCCCCCCC. The lowest BCUT2D eigenvalue weighted by Gasteiger charge is -2.18. The zero-order valence-corrected chi connectivity index (χ0v) is 51.0. The van der Waals surface area contributed by atoms with Crippen molar-refractivity contribution >= 4 is 17.9 Å². The maximum absolute atomic E-state index is 12.9. The molecule has 6 heteroatoms. The van der Waals surface area contributed by atoms with Crippen molar-refractivity contribution in [2.24, 2.45) is 0 Å². The summed E-state index contributed by atoms with van der Waals surface area (Å²) in [4.78, 5) is 38.3. The van der Waals surface area contributed by atoms with E-state index in [2.05, 4.69) is 69.4 Å². The van der Waals surface area contributed by atoms with Crippen LogP contribution in [0.4, 0.5) is 0 Å². The molecule has 0 saturated heterocycles. The minimum atomic E-state index is -0.775. The molecule has 0 fully saturated rings. The molecule has 444 valence electrons. The van der Waals surface area contributed by atoms with E-state index in [1.165, 1.54) is 244 Å². The van der Waals surface area contributed by atoms with E-state index in [4.69, 9.17) is 14.2 Å². The number of hydrogen-bond acceptors (Lipinski definition) is 6. The highest BCUT2D eigenvalue weighted by Crippen LogP contribution is 2.17. The molecule has 0 spiro atoms. The van der Waals surface area contributed by atoms with Gasteiger partial charge in [0.1, 0.15) is 13.2 Å². The van der Waals surface area contributed by atoms with Gasteiger partial charge >= 0.3 is 17.9 Å². The molecule has 0 radical (unpaired) electrons. The van der Waals surface area contributed by atoms with Crippen LogP contribution in [0.15, 0.2) is 48.6 Å². The molecule has 0 aromatic carbocycles. The topological polar surface area (TPSA) is 78.9 Å². The molecule has 0 aromatic rings.